The van der Waals surface area contributed by atoms with Gasteiger partial charge in [-0.05, 0) is 49.9 Å². The van der Waals surface area contributed by atoms with E-state index in [1.165, 1.54) is 25.7 Å². The van der Waals surface area contributed by atoms with Crippen LogP contribution in [0.2, 0.25) is 0 Å². The van der Waals surface area contributed by atoms with Crippen molar-refractivity contribution < 1.29 is 4.79 Å². The summed E-state index contributed by atoms with van der Waals surface area (Å²) in [6, 6.07) is 0.107. The Morgan fingerprint density at radius 1 is 1.18 bits per heavy atom. The fourth-order valence-corrected chi connectivity index (χ4v) is 4.30. The molecule has 0 radical (unpaired) electrons. The van der Waals surface area contributed by atoms with Gasteiger partial charge in [0.2, 0.25) is 5.91 Å². The molecule has 2 bridgehead atoms. The predicted molar refractivity (Wildman–Crippen MR) is 67.3 cm³/mol. The minimum absolute atomic E-state index is 0.0913. The average Bonchev–Trinajstić information content (AvgIpc) is 3.01. The molecular weight excluding hydrogens is 212 g/mol. The summed E-state index contributed by atoms with van der Waals surface area (Å²) in [6.45, 7) is 0.906. The first kappa shape index (κ1) is 11.5. The van der Waals surface area contributed by atoms with Gasteiger partial charge in [-0.1, -0.05) is 12.8 Å². The largest absolute Gasteiger partial charge is 0.356 e. The Morgan fingerprint density at radius 3 is 2.65 bits per heavy atom. The fourth-order valence-electron chi connectivity index (χ4n) is 4.30. The van der Waals surface area contributed by atoms with E-state index in [2.05, 4.69) is 5.32 Å². The minimum Gasteiger partial charge on any atom is -0.356 e. The molecule has 3 fully saturated rings. The van der Waals surface area contributed by atoms with Crippen LogP contribution < -0.4 is 11.1 Å². The van der Waals surface area contributed by atoms with E-state index in [1.807, 2.05) is 0 Å². The van der Waals surface area contributed by atoms with E-state index >= 15 is 0 Å². The van der Waals surface area contributed by atoms with Gasteiger partial charge in [0, 0.05) is 12.6 Å². The molecule has 0 aromatic rings. The van der Waals surface area contributed by atoms with Gasteiger partial charge in [-0.2, -0.15) is 0 Å². The second-order valence-corrected chi connectivity index (χ2v) is 6.38. The van der Waals surface area contributed by atoms with E-state index in [-0.39, 0.29) is 17.9 Å². The third kappa shape index (κ3) is 2.22. The molecule has 1 amide bonds. The molecule has 3 nitrogen and oxygen atoms in total. The van der Waals surface area contributed by atoms with E-state index in [0.717, 1.165) is 43.6 Å². The Bertz CT molecular complexity index is 305. The molecule has 0 saturated heterocycles. The summed E-state index contributed by atoms with van der Waals surface area (Å²) in [5, 5.41) is 3.16. The number of rotatable bonds is 3. The Hall–Kier alpha value is -0.570. The number of nitrogens with one attached hydrogen (secondary N) is 1. The zero-order chi connectivity index (χ0) is 11.8. The molecule has 3 saturated carbocycles. The van der Waals surface area contributed by atoms with Crippen molar-refractivity contribution in [2.24, 2.45) is 29.4 Å². The summed E-state index contributed by atoms with van der Waals surface area (Å²) >= 11 is 0. The first-order chi connectivity index (χ1) is 8.24. The van der Waals surface area contributed by atoms with Crippen molar-refractivity contribution in [2.45, 2.75) is 51.0 Å². The first-order valence-electron chi connectivity index (χ1n) is 7.27. The Kier molecular flexibility index (Phi) is 3.12. The lowest BCUT2D eigenvalue weighted by molar-refractivity contribution is -0.125. The molecule has 96 valence electrons. The molecular formula is C14H24N2O. The van der Waals surface area contributed by atoms with Gasteiger partial charge in [-0.3, -0.25) is 4.79 Å². The molecule has 3 heteroatoms. The number of hydrogen-bond donors (Lipinski definition) is 2. The van der Waals surface area contributed by atoms with Gasteiger partial charge >= 0.3 is 0 Å². The maximum Gasteiger partial charge on any atom is 0.224 e. The third-order valence-corrected chi connectivity index (χ3v) is 5.33. The van der Waals surface area contributed by atoms with Crippen molar-refractivity contribution in [3.8, 4) is 0 Å². The van der Waals surface area contributed by atoms with Gasteiger partial charge in [0.05, 0.1) is 5.92 Å². The van der Waals surface area contributed by atoms with Crippen LogP contribution in [0.15, 0.2) is 0 Å². The van der Waals surface area contributed by atoms with Crippen molar-refractivity contribution in [2.75, 3.05) is 6.54 Å². The van der Waals surface area contributed by atoms with Gasteiger partial charge < -0.3 is 11.1 Å². The molecule has 0 aliphatic heterocycles. The highest BCUT2D eigenvalue weighted by atomic mass is 16.1. The molecule has 17 heavy (non-hydrogen) atoms. The minimum atomic E-state index is 0.0913. The quantitative estimate of drug-likeness (QED) is 0.783. The van der Waals surface area contributed by atoms with Gasteiger partial charge in [-0.15, -0.1) is 0 Å². The maximum absolute atomic E-state index is 12.0. The van der Waals surface area contributed by atoms with E-state index in [1.54, 1.807) is 0 Å². The van der Waals surface area contributed by atoms with Crippen LogP contribution in [-0.4, -0.2) is 18.5 Å². The summed E-state index contributed by atoms with van der Waals surface area (Å²) in [7, 11) is 0. The number of nitrogens with two attached hydrogens (primary N) is 1. The lowest BCUT2D eigenvalue weighted by atomic mass is 9.88. The number of amides is 1. The molecule has 0 heterocycles. The monoisotopic (exact) mass is 236 g/mol. The van der Waals surface area contributed by atoms with Crippen molar-refractivity contribution in [3.05, 3.63) is 0 Å². The highest BCUT2D eigenvalue weighted by Gasteiger charge is 2.39. The number of fused-ring (bicyclic) bond motifs is 2. The smallest absolute Gasteiger partial charge is 0.224 e. The van der Waals surface area contributed by atoms with Gasteiger partial charge in [-0.25, -0.2) is 0 Å². The molecule has 3 N–H and O–H groups in total. The SMILES string of the molecule is NC1CCCC1C(=O)NCC1CC2CCC1C2. The highest BCUT2D eigenvalue weighted by Crippen LogP contribution is 2.47. The van der Waals surface area contributed by atoms with Crippen LogP contribution in [0, 0.1) is 23.7 Å². The van der Waals surface area contributed by atoms with Crippen molar-refractivity contribution >= 4 is 5.91 Å². The fraction of sp³-hybridized carbons (Fsp3) is 0.929. The summed E-state index contributed by atoms with van der Waals surface area (Å²) in [6.07, 6.45) is 8.73. The lowest BCUT2D eigenvalue weighted by Gasteiger charge is -2.23. The summed E-state index contributed by atoms with van der Waals surface area (Å²) < 4.78 is 0. The standard InChI is InChI=1S/C14H24N2O/c15-13-3-1-2-12(13)14(17)16-8-11-7-9-4-5-10(11)6-9/h9-13H,1-8,15H2,(H,16,17). The molecule has 0 aromatic carbocycles. The lowest BCUT2D eigenvalue weighted by Crippen LogP contribution is -2.41. The average molecular weight is 236 g/mol. The summed E-state index contributed by atoms with van der Waals surface area (Å²) in [4.78, 5) is 12.0. The van der Waals surface area contributed by atoms with E-state index in [4.69, 9.17) is 5.73 Å². The second kappa shape index (κ2) is 4.60. The van der Waals surface area contributed by atoms with Crippen molar-refractivity contribution in [3.63, 3.8) is 0 Å². The number of hydrogen-bond acceptors (Lipinski definition) is 2. The molecule has 3 aliphatic carbocycles. The van der Waals surface area contributed by atoms with Crippen LogP contribution in [0.3, 0.4) is 0 Å². The second-order valence-electron chi connectivity index (χ2n) is 6.38. The zero-order valence-electron chi connectivity index (χ0n) is 10.5. The normalized spacial score (nSPS) is 44.2. The number of carbonyl (C=O) groups excluding carboxylic acids is 1. The summed E-state index contributed by atoms with van der Waals surface area (Å²) in [5.41, 5.74) is 5.96. The van der Waals surface area contributed by atoms with Gasteiger partial charge in [0.15, 0.2) is 0 Å². The van der Waals surface area contributed by atoms with Gasteiger partial charge in [0.25, 0.3) is 0 Å². The maximum atomic E-state index is 12.0. The zero-order valence-corrected chi connectivity index (χ0v) is 10.5. The molecule has 5 atom stereocenters. The first-order valence-corrected chi connectivity index (χ1v) is 7.27. The van der Waals surface area contributed by atoms with Crippen molar-refractivity contribution in [1.82, 2.24) is 5.32 Å². The topological polar surface area (TPSA) is 55.1 Å². The molecule has 0 spiro atoms. The van der Waals surface area contributed by atoms with Crippen LogP contribution in [0.25, 0.3) is 0 Å². The van der Waals surface area contributed by atoms with Crippen LogP contribution in [0.4, 0.5) is 0 Å². The van der Waals surface area contributed by atoms with Crippen LogP contribution in [0.5, 0.6) is 0 Å². The summed E-state index contributed by atoms with van der Waals surface area (Å²) in [5.74, 6) is 2.94. The molecule has 5 unspecified atom stereocenters. The molecule has 3 aliphatic rings. The van der Waals surface area contributed by atoms with E-state index in [0.29, 0.717) is 0 Å². The number of carbonyl (C=O) groups is 1. The van der Waals surface area contributed by atoms with E-state index in [9.17, 15) is 4.79 Å². The van der Waals surface area contributed by atoms with Crippen LogP contribution in [0.1, 0.15) is 44.9 Å². The van der Waals surface area contributed by atoms with E-state index < -0.39 is 0 Å². The molecule has 3 rings (SSSR count). The Balaban J connectivity index is 1.46. The van der Waals surface area contributed by atoms with Gasteiger partial charge in [0.1, 0.15) is 0 Å². The Morgan fingerprint density at radius 2 is 2.06 bits per heavy atom. The van der Waals surface area contributed by atoms with Crippen LogP contribution >= 0.6 is 0 Å². The van der Waals surface area contributed by atoms with Crippen LogP contribution in [-0.2, 0) is 4.79 Å². The highest BCUT2D eigenvalue weighted by molar-refractivity contribution is 5.79. The Labute approximate surface area is 104 Å². The molecule has 0 aromatic heterocycles. The predicted octanol–water partition coefficient (Wildman–Crippen LogP) is 1.67. The third-order valence-electron chi connectivity index (χ3n) is 5.33. The van der Waals surface area contributed by atoms with Crippen molar-refractivity contribution in [1.29, 1.82) is 0 Å².